The Morgan fingerprint density at radius 2 is 1.64 bits per heavy atom. The summed E-state index contributed by atoms with van der Waals surface area (Å²) in [5, 5.41) is 0. The van der Waals surface area contributed by atoms with Crippen molar-refractivity contribution in [2.75, 3.05) is 7.11 Å². The summed E-state index contributed by atoms with van der Waals surface area (Å²) in [6.45, 7) is 10.7. The van der Waals surface area contributed by atoms with Crippen LogP contribution in [-0.4, -0.2) is 60.5 Å². The molecule has 9 atom stereocenters. The monoisotopic (exact) mass is 628 g/mol. The zero-order chi connectivity index (χ0) is 33.3. The molecule has 9 unspecified atom stereocenters. The van der Waals surface area contributed by atoms with Crippen molar-refractivity contribution in [2.45, 2.75) is 91.6 Å². The summed E-state index contributed by atoms with van der Waals surface area (Å²) in [5.74, 6) is -6.07. The number of methoxy groups -OCH3 is 1. The van der Waals surface area contributed by atoms with Gasteiger partial charge in [0.15, 0.2) is 11.9 Å². The maximum Gasteiger partial charge on any atom is 0.307 e. The van der Waals surface area contributed by atoms with Gasteiger partial charge in [-0.25, -0.2) is 0 Å². The third kappa shape index (κ3) is 4.78. The van der Waals surface area contributed by atoms with Crippen LogP contribution in [0.5, 0.6) is 0 Å². The topological polar surface area (TPSA) is 162 Å². The van der Waals surface area contributed by atoms with Crippen LogP contribution in [0.3, 0.4) is 0 Å². The van der Waals surface area contributed by atoms with Crippen LogP contribution >= 0.6 is 0 Å². The zero-order valence-electron chi connectivity index (χ0n) is 26.8. The molecule has 1 aliphatic heterocycles. The Morgan fingerprint density at radius 3 is 2.20 bits per heavy atom. The van der Waals surface area contributed by atoms with Gasteiger partial charge in [-0.2, -0.15) is 0 Å². The normalized spacial score (nSPS) is 38.0. The molecule has 3 aliphatic carbocycles. The van der Waals surface area contributed by atoms with Crippen molar-refractivity contribution in [3.05, 3.63) is 35.8 Å². The number of carbonyl (C=O) groups is 6. The van der Waals surface area contributed by atoms with Crippen LogP contribution in [0.1, 0.15) is 79.4 Å². The average Bonchev–Trinajstić information content (AvgIpc) is 3.46. The summed E-state index contributed by atoms with van der Waals surface area (Å²) < 4.78 is 34.1. The summed E-state index contributed by atoms with van der Waals surface area (Å²) in [7, 11) is 1.23. The molecule has 0 spiro atoms. The summed E-state index contributed by atoms with van der Waals surface area (Å²) >= 11 is 0. The van der Waals surface area contributed by atoms with Crippen LogP contribution in [0.15, 0.2) is 34.7 Å². The number of furan rings is 1. The van der Waals surface area contributed by atoms with Gasteiger partial charge in [0, 0.05) is 60.8 Å². The lowest BCUT2D eigenvalue weighted by molar-refractivity contribution is -0.240. The number of ketones is 1. The van der Waals surface area contributed by atoms with Crippen LogP contribution in [0.25, 0.3) is 0 Å². The number of carbonyl (C=O) groups excluding carboxylic acids is 6. The van der Waals surface area contributed by atoms with E-state index in [9.17, 15) is 24.0 Å². The van der Waals surface area contributed by atoms with E-state index >= 15 is 4.79 Å². The first-order valence-electron chi connectivity index (χ1n) is 15.0. The molecular weight excluding hydrogens is 588 g/mol. The first-order valence-corrected chi connectivity index (χ1v) is 15.0. The third-order valence-corrected chi connectivity index (χ3v) is 10.7. The largest absolute Gasteiger partial charge is 0.472 e. The van der Waals surface area contributed by atoms with Crippen molar-refractivity contribution in [2.24, 2.45) is 34.0 Å². The molecule has 0 amide bonds. The molecule has 1 aromatic heterocycles. The molecule has 1 aromatic rings. The number of fused-ring (bicyclic) bond motifs is 6. The third-order valence-electron chi connectivity index (χ3n) is 10.7. The first-order chi connectivity index (χ1) is 20.9. The molecule has 0 aromatic carbocycles. The Balaban J connectivity index is 1.86. The Kier molecular flexibility index (Phi) is 7.81. The highest BCUT2D eigenvalue weighted by Gasteiger charge is 2.77. The SMILES string of the molecule is COC(=O)CC1C(C)(C)C(OC(C)=O)C2(OC(C)=O)C=C3C4CC(=O)OC(c5ccoc5)C4(C)CC(OC(C)=O)C3C1(C)C2=O. The molecule has 1 saturated heterocycles. The van der Waals surface area contributed by atoms with E-state index in [1.54, 1.807) is 26.8 Å². The highest BCUT2D eigenvalue weighted by Crippen LogP contribution is 2.70. The predicted octanol–water partition coefficient (Wildman–Crippen LogP) is 3.81. The minimum Gasteiger partial charge on any atom is -0.472 e. The lowest BCUT2D eigenvalue weighted by Gasteiger charge is -2.66. The number of cyclic esters (lactones) is 1. The molecular formula is C33H40O12. The van der Waals surface area contributed by atoms with Gasteiger partial charge < -0.3 is 28.1 Å². The van der Waals surface area contributed by atoms with Gasteiger partial charge in [0.05, 0.1) is 26.1 Å². The van der Waals surface area contributed by atoms with Gasteiger partial charge in [0.2, 0.25) is 5.60 Å². The molecule has 12 heteroatoms. The van der Waals surface area contributed by atoms with Gasteiger partial charge in [-0.1, -0.05) is 33.3 Å². The fourth-order valence-electron chi connectivity index (χ4n) is 9.20. The number of rotatable bonds is 6. The van der Waals surface area contributed by atoms with Crippen molar-refractivity contribution >= 4 is 35.6 Å². The van der Waals surface area contributed by atoms with Crippen LogP contribution < -0.4 is 0 Å². The Labute approximate surface area is 261 Å². The van der Waals surface area contributed by atoms with Crippen LogP contribution in [0.2, 0.25) is 0 Å². The zero-order valence-corrected chi connectivity index (χ0v) is 26.8. The van der Waals surface area contributed by atoms with E-state index in [1.165, 1.54) is 39.6 Å². The molecule has 0 N–H and O–H groups in total. The molecule has 3 fully saturated rings. The van der Waals surface area contributed by atoms with Crippen LogP contribution in [0, 0.1) is 34.0 Å². The van der Waals surface area contributed by atoms with Crippen LogP contribution in [-0.2, 0) is 52.5 Å². The minimum absolute atomic E-state index is 0.0797. The van der Waals surface area contributed by atoms with E-state index in [2.05, 4.69) is 0 Å². The molecule has 0 radical (unpaired) electrons. The smallest absolute Gasteiger partial charge is 0.307 e. The van der Waals surface area contributed by atoms with E-state index in [1.807, 2.05) is 6.92 Å². The lowest BCUT2D eigenvalue weighted by Crippen LogP contribution is -2.76. The molecule has 4 aliphatic rings. The lowest BCUT2D eigenvalue weighted by atomic mass is 9.39. The fraction of sp³-hybridized carbons (Fsp3) is 0.636. The van der Waals surface area contributed by atoms with E-state index in [0.29, 0.717) is 11.1 Å². The fourth-order valence-corrected chi connectivity index (χ4v) is 9.20. The summed E-state index contributed by atoms with van der Waals surface area (Å²) in [5.41, 5.74) is -4.54. The van der Waals surface area contributed by atoms with E-state index in [0.717, 1.165) is 6.92 Å². The summed E-state index contributed by atoms with van der Waals surface area (Å²) in [6.07, 6.45) is 1.28. The van der Waals surface area contributed by atoms with Crippen molar-refractivity contribution < 1.29 is 56.9 Å². The quantitative estimate of drug-likeness (QED) is 0.255. The van der Waals surface area contributed by atoms with Gasteiger partial charge in [-0.3, -0.25) is 28.8 Å². The standard InChI is InChI=1S/C33H40O12/c1-16(34)42-22-14-31(6)21(11-25(38)44-27(31)19-9-10-41-15-19)20-13-33(45-18(3)36)28(39)32(7,26(20)22)23(12-24(37)40-8)30(4,5)29(33)43-17(2)35/h9-10,13,15,21-23,26-27,29H,11-12,14H2,1-8H3. The first kappa shape index (κ1) is 32.4. The Bertz CT molecular complexity index is 1470. The second-order valence-corrected chi connectivity index (χ2v) is 13.8. The van der Waals surface area contributed by atoms with Gasteiger partial charge in [0.1, 0.15) is 12.2 Å². The van der Waals surface area contributed by atoms with Crippen molar-refractivity contribution in [3.63, 3.8) is 0 Å². The maximum atomic E-state index is 15.1. The molecule has 2 saturated carbocycles. The van der Waals surface area contributed by atoms with E-state index in [4.69, 9.17) is 28.1 Å². The van der Waals surface area contributed by atoms with Crippen molar-refractivity contribution in [3.8, 4) is 0 Å². The highest BCUT2D eigenvalue weighted by atomic mass is 16.6. The Hall–Kier alpha value is -3.96. The summed E-state index contributed by atoms with van der Waals surface area (Å²) in [6, 6.07) is 1.69. The van der Waals surface area contributed by atoms with Gasteiger partial charge in [-0.15, -0.1) is 0 Å². The number of esters is 5. The van der Waals surface area contributed by atoms with E-state index < -0.39 is 93.5 Å². The predicted molar refractivity (Wildman–Crippen MR) is 153 cm³/mol. The summed E-state index contributed by atoms with van der Waals surface area (Å²) in [4.78, 5) is 79.4. The number of hydrogen-bond acceptors (Lipinski definition) is 12. The maximum absolute atomic E-state index is 15.1. The minimum atomic E-state index is -2.11. The number of ether oxygens (including phenoxy) is 5. The van der Waals surface area contributed by atoms with Crippen molar-refractivity contribution in [1.29, 1.82) is 0 Å². The van der Waals surface area contributed by atoms with Gasteiger partial charge in [0.25, 0.3) is 0 Å². The Morgan fingerprint density at radius 1 is 0.978 bits per heavy atom. The molecule has 244 valence electrons. The highest BCUT2D eigenvalue weighted by molar-refractivity contribution is 6.01. The van der Waals surface area contributed by atoms with Gasteiger partial charge in [-0.05, 0) is 24.5 Å². The number of Topliss-reactive ketones (excluding diaryl/α,β-unsaturated/α-hetero) is 1. The van der Waals surface area contributed by atoms with Gasteiger partial charge >= 0.3 is 29.8 Å². The average molecular weight is 629 g/mol. The molecule has 2 bridgehead atoms. The molecule has 12 nitrogen and oxygen atoms in total. The molecule has 45 heavy (non-hydrogen) atoms. The molecule has 2 heterocycles. The van der Waals surface area contributed by atoms with Crippen molar-refractivity contribution in [1.82, 2.24) is 0 Å². The number of hydrogen-bond donors (Lipinski definition) is 0. The molecule has 5 rings (SSSR count). The second kappa shape index (κ2) is 10.8. The second-order valence-electron chi connectivity index (χ2n) is 13.8. The van der Waals surface area contributed by atoms with Crippen LogP contribution in [0.4, 0.5) is 0 Å². The van der Waals surface area contributed by atoms with E-state index in [-0.39, 0.29) is 19.3 Å².